The summed E-state index contributed by atoms with van der Waals surface area (Å²) in [6.45, 7) is 3.31. The van der Waals surface area contributed by atoms with Crippen LogP contribution >= 0.6 is 0 Å². The number of benzene rings is 1. The summed E-state index contributed by atoms with van der Waals surface area (Å²) >= 11 is 0. The first-order chi connectivity index (χ1) is 16.1. The molecule has 3 aliphatic rings. The van der Waals surface area contributed by atoms with Crippen molar-refractivity contribution in [2.45, 2.75) is 83.7 Å². The molecule has 1 saturated carbocycles. The van der Waals surface area contributed by atoms with Gasteiger partial charge in [0.1, 0.15) is 5.82 Å². The Bertz CT molecular complexity index is 1020. The van der Waals surface area contributed by atoms with Crippen LogP contribution in [0.2, 0.25) is 0 Å². The highest BCUT2D eigenvalue weighted by molar-refractivity contribution is 5.95. The number of aromatic nitrogens is 2. The van der Waals surface area contributed by atoms with Crippen LogP contribution in [-0.2, 0) is 22.6 Å². The Hall–Kier alpha value is -2.76. The highest BCUT2D eigenvalue weighted by atomic mass is 16.2. The molecule has 0 unspecified atom stereocenters. The Kier molecular flexibility index (Phi) is 6.43. The van der Waals surface area contributed by atoms with E-state index in [-0.39, 0.29) is 17.9 Å². The normalized spacial score (nSPS) is 21.4. The Morgan fingerprint density at radius 1 is 1.00 bits per heavy atom. The number of piperidine rings is 1. The zero-order chi connectivity index (χ0) is 22.8. The number of hydrogen-bond donors (Lipinski definition) is 0. The van der Waals surface area contributed by atoms with E-state index in [2.05, 4.69) is 0 Å². The van der Waals surface area contributed by atoms with Crippen molar-refractivity contribution in [3.63, 3.8) is 0 Å². The number of anilines is 1. The molecule has 174 valence electrons. The second kappa shape index (κ2) is 9.62. The minimum Gasteiger partial charge on any atom is -0.332 e. The van der Waals surface area contributed by atoms with Gasteiger partial charge in [0.05, 0.1) is 12.6 Å². The smallest absolute Gasteiger partial charge is 0.228 e. The summed E-state index contributed by atoms with van der Waals surface area (Å²) in [5.74, 6) is 2.34. The third kappa shape index (κ3) is 4.66. The molecule has 2 aliphatic heterocycles. The molecular weight excluding hydrogens is 412 g/mol. The number of fused-ring (bicyclic) bond motifs is 1. The molecule has 0 bridgehead atoms. The molecule has 2 fully saturated rings. The lowest BCUT2D eigenvalue weighted by Gasteiger charge is -2.37. The average Bonchev–Trinajstić information content (AvgIpc) is 3.34. The highest BCUT2D eigenvalue weighted by Crippen LogP contribution is 2.36. The number of nitrogens with zero attached hydrogens (tertiary/aromatic N) is 4. The summed E-state index contributed by atoms with van der Waals surface area (Å²) in [5, 5.41) is 0. The van der Waals surface area contributed by atoms with Gasteiger partial charge in [-0.1, -0.05) is 43.2 Å². The van der Waals surface area contributed by atoms with Crippen molar-refractivity contribution in [1.29, 1.82) is 0 Å². The Morgan fingerprint density at radius 3 is 2.55 bits per heavy atom. The van der Waals surface area contributed by atoms with Crippen LogP contribution in [0.4, 0.5) is 5.82 Å². The SMILES string of the molecule is Cc1nc([C@@H]2CCCCN2C(=O)CC2CCCC2)nc2c1CCC(=O)N2Cc1ccccc1. The zero-order valence-corrected chi connectivity index (χ0v) is 19.6. The molecule has 0 N–H and O–H groups in total. The number of amides is 2. The van der Waals surface area contributed by atoms with Gasteiger partial charge in [0.15, 0.2) is 5.82 Å². The predicted molar refractivity (Wildman–Crippen MR) is 128 cm³/mol. The maximum Gasteiger partial charge on any atom is 0.228 e. The lowest BCUT2D eigenvalue weighted by Crippen LogP contribution is -2.41. The van der Waals surface area contributed by atoms with E-state index < -0.39 is 0 Å². The van der Waals surface area contributed by atoms with Crippen LogP contribution < -0.4 is 4.90 Å². The fourth-order valence-corrected chi connectivity index (χ4v) is 5.76. The molecule has 0 radical (unpaired) electrons. The van der Waals surface area contributed by atoms with E-state index in [1.165, 1.54) is 25.7 Å². The van der Waals surface area contributed by atoms with Crippen molar-refractivity contribution in [2.75, 3.05) is 11.4 Å². The molecule has 1 saturated heterocycles. The van der Waals surface area contributed by atoms with Crippen LogP contribution in [0.15, 0.2) is 30.3 Å². The number of carbonyl (C=O) groups is 2. The summed E-state index contributed by atoms with van der Waals surface area (Å²) in [5.41, 5.74) is 3.09. The fourth-order valence-electron chi connectivity index (χ4n) is 5.76. The first kappa shape index (κ1) is 22.1. The highest BCUT2D eigenvalue weighted by Gasteiger charge is 2.34. The fraction of sp³-hybridized carbons (Fsp3) is 0.556. The lowest BCUT2D eigenvalue weighted by atomic mass is 9.97. The minimum atomic E-state index is -0.0905. The second-order valence-electron chi connectivity index (χ2n) is 9.89. The third-order valence-corrected chi connectivity index (χ3v) is 7.60. The predicted octanol–water partition coefficient (Wildman–Crippen LogP) is 4.90. The molecule has 1 atom stereocenters. The van der Waals surface area contributed by atoms with Gasteiger partial charge in [-0.3, -0.25) is 14.5 Å². The van der Waals surface area contributed by atoms with Crippen LogP contribution in [0.3, 0.4) is 0 Å². The summed E-state index contributed by atoms with van der Waals surface area (Å²) in [6.07, 6.45) is 9.67. The molecule has 0 spiro atoms. The van der Waals surface area contributed by atoms with Gasteiger partial charge in [-0.15, -0.1) is 0 Å². The number of carbonyl (C=O) groups excluding carboxylic acids is 2. The van der Waals surface area contributed by atoms with Crippen LogP contribution in [0.1, 0.15) is 86.5 Å². The van der Waals surface area contributed by atoms with E-state index in [1.54, 1.807) is 0 Å². The monoisotopic (exact) mass is 446 g/mol. The van der Waals surface area contributed by atoms with Crippen LogP contribution in [0.25, 0.3) is 0 Å². The van der Waals surface area contributed by atoms with Gasteiger partial charge in [-0.25, -0.2) is 9.97 Å². The van der Waals surface area contributed by atoms with Crippen molar-refractivity contribution in [2.24, 2.45) is 5.92 Å². The van der Waals surface area contributed by atoms with E-state index in [4.69, 9.17) is 9.97 Å². The molecule has 33 heavy (non-hydrogen) atoms. The number of hydrogen-bond acceptors (Lipinski definition) is 4. The topological polar surface area (TPSA) is 66.4 Å². The van der Waals surface area contributed by atoms with Gasteiger partial charge in [0.2, 0.25) is 11.8 Å². The molecule has 1 aromatic carbocycles. The summed E-state index contributed by atoms with van der Waals surface area (Å²) in [4.78, 5) is 39.9. The first-order valence-corrected chi connectivity index (χ1v) is 12.6. The molecule has 2 aromatic rings. The van der Waals surface area contributed by atoms with Crippen molar-refractivity contribution >= 4 is 17.6 Å². The third-order valence-electron chi connectivity index (χ3n) is 7.60. The molecular formula is C27H34N4O2. The average molecular weight is 447 g/mol. The Labute approximate surface area is 196 Å². The number of aryl methyl sites for hydroxylation is 1. The van der Waals surface area contributed by atoms with E-state index in [0.29, 0.717) is 37.5 Å². The maximum atomic E-state index is 13.3. The first-order valence-electron chi connectivity index (χ1n) is 12.6. The lowest BCUT2D eigenvalue weighted by molar-refractivity contribution is -0.136. The van der Waals surface area contributed by atoms with Gasteiger partial charge in [0.25, 0.3) is 0 Å². The van der Waals surface area contributed by atoms with Crippen LogP contribution in [0.5, 0.6) is 0 Å². The molecule has 6 nitrogen and oxygen atoms in total. The van der Waals surface area contributed by atoms with E-state index in [9.17, 15) is 9.59 Å². The molecule has 6 heteroatoms. The summed E-state index contributed by atoms with van der Waals surface area (Å²) < 4.78 is 0. The van der Waals surface area contributed by atoms with Crippen LogP contribution in [0, 0.1) is 12.8 Å². The summed E-state index contributed by atoms with van der Waals surface area (Å²) in [6, 6.07) is 9.98. The van der Waals surface area contributed by atoms with Crippen molar-refractivity contribution in [3.8, 4) is 0 Å². The largest absolute Gasteiger partial charge is 0.332 e. The van der Waals surface area contributed by atoms with Gasteiger partial charge in [0, 0.05) is 30.6 Å². The van der Waals surface area contributed by atoms with E-state index in [0.717, 1.165) is 48.4 Å². The van der Waals surface area contributed by atoms with Crippen molar-refractivity contribution in [1.82, 2.24) is 14.9 Å². The number of rotatable bonds is 5. The summed E-state index contributed by atoms with van der Waals surface area (Å²) in [7, 11) is 0. The van der Waals surface area contributed by atoms with Gasteiger partial charge in [-0.2, -0.15) is 0 Å². The quantitative estimate of drug-likeness (QED) is 0.655. The van der Waals surface area contributed by atoms with Gasteiger partial charge in [-0.05, 0) is 56.9 Å². The maximum absolute atomic E-state index is 13.3. The van der Waals surface area contributed by atoms with Gasteiger partial charge >= 0.3 is 0 Å². The van der Waals surface area contributed by atoms with Gasteiger partial charge < -0.3 is 4.90 Å². The zero-order valence-electron chi connectivity index (χ0n) is 19.6. The molecule has 1 aliphatic carbocycles. The van der Waals surface area contributed by atoms with Crippen molar-refractivity contribution < 1.29 is 9.59 Å². The minimum absolute atomic E-state index is 0.0905. The molecule has 1 aromatic heterocycles. The number of likely N-dealkylation sites (tertiary alicyclic amines) is 1. The second-order valence-corrected chi connectivity index (χ2v) is 9.89. The van der Waals surface area contributed by atoms with E-state index in [1.807, 2.05) is 47.1 Å². The van der Waals surface area contributed by atoms with E-state index >= 15 is 0 Å². The standard InChI is InChI=1S/C27H34N4O2/c1-19-22-14-15-24(32)31(18-21-11-3-2-4-12-21)27(22)29-26(28-19)23-13-7-8-16-30(23)25(33)17-20-9-5-6-10-20/h2-4,11-12,20,23H,5-10,13-18H2,1H3/t23-/m0/s1. The molecule has 5 rings (SSSR count). The molecule has 2 amide bonds. The Balaban J connectivity index is 1.45. The molecule has 3 heterocycles. The van der Waals surface area contributed by atoms with Crippen LogP contribution in [-0.4, -0.2) is 33.2 Å². The van der Waals surface area contributed by atoms with Crippen molar-refractivity contribution in [3.05, 3.63) is 53.0 Å². The Morgan fingerprint density at radius 2 is 1.76 bits per heavy atom.